The molecule has 1 saturated carbocycles. The largest absolute Gasteiger partial charge is 0.377 e. The fourth-order valence-electron chi connectivity index (χ4n) is 3.71. The molecule has 0 aromatic heterocycles. The molecule has 2 rings (SSSR count). The molecule has 0 aromatic carbocycles. The molecule has 3 heteroatoms. The Morgan fingerprint density at radius 3 is 2.72 bits per heavy atom. The van der Waals surface area contributed by atoms with Crippen molar-refractivity contribution in [3.8, 4) is 0 Å². The Morgan fingerprint density at radius 2 is 2.11 bits per heavy atom. The quantitative estimate of drug-likeness (QED) is 0.814. The zero-order valence-corrected chi connectivity index (χ0v) is 12.5. The van der Waals surface area contributed by atoms with Gasteiger partial charge in [-0.1, -0.05) is 20.8 Å². The van der Waals surface area contributed by atoms with E-state index in [9.17, 15) is 0 Å². The van der Waals surface area contributed by atoms with Crippen molar-refractivity contribution >= 4 is 0 Å². The summed E-state index contributed by atoms with van der Waals surface area (Å²) in [6.07, 6.45) is 5.59. The lowest BCUT2D eigenvalue weighted by atomic mass is 9.86. The first-order valence-corrected chi connectivity index (χ1v) is 7.60. The molecule has 0 radical (unpaired) electrons. The number of nitrogens with one attached hydrogen (secondary N) is 1. The van der Waals surface area contributed by atoms with Crippen LogP contribution in [0.1, 0.15) is 46.5 Å². The van der Waals surface area contributed by atoms with Crippen LogP contribution in [0.4, 0.5) is 0 Å². The number of rotatable bonds is 5. The van der Waals surface area contributed by atoms with Gasteiger partial charge in [-0.2, -0.15) is 0 Å². The molecule has 1 heterocycles. The fourth-order valence-corrected chi connectivity index (χ4v) is 3.71. The minimum atomic E-state index is 0.422. The van der Waals surface area contributed by atoms with Crippen LogP contribution in [0.3, 0.4) is 0 Å². The van der Waals surface area contributed by atoms with Crippen LogP contribution in [0.5, 0.6) is 0 Å². The van der Waals surface area contributed by atoms with Gasteiger partial charge in [0, 0.05) is 25.2 Å². The van der Waals surface area contributed by atoms with Crippen LogP contribution in [0.15, 0.2) is 0 Å². The third kappa shape index (κ3) is 3.06. The van der Waals surface area contributed by atoms with E-state index < -0.39 is 0 Å². The minimum Gasteiger partial charge on any atom is -0.377 e. The molecule has 1 aliphatic carbocycles. The molecule has 3 nitrogen and oxygen atoms in total. The lowest BCUT2D eigenvalue weighted by Crippen LogP contribution is -2.52. The number of nitrogens with zero attached hydrogens (tertiary/aromatic N) is 1. The fraction of sp³-hybridized carbons (Fsp3) is 1.00. The van der Waals surface area contributed by atoms with Gasteiger partial charge in [-0.05, 0) is 44.7 Å². The summed E-state index contributed by atoms with van der Waals surface area (Å²) < 4.78 is 5.77. The molecule has 0 bridgehead atoms. The van der Waals surface area contributed by atoms with Crippen LogP contribution in [-0.2, 0) is 4.74 Å². The molecule has 2 aliphatic rings. The highest BCUT2D eigenvalue weighted by atomic mass is 16.5. The van der Waals surface area contributed by atoms with Crippen molar-refractivity contribution in [2.75, 3.05) is 26.7 Å². The predicted molar refractivity (Wildman–Crippen MR) is 75.9 cm³/mol. The Hall–Kier alpha value is -0.120. The van der Waals surface area contributed by atoms with E-state index in [-0.39, 0.29) is 0 Å². The van der Waals surface area contributed by atoms with Crippen LogP contribution in [-0.4, -0.2) is 49.8 Å². The third-order valence-electron chi connectivity index (χ3n) is 4.82. The molecule has 3 unspecified atom stereocenters. The van der Waals surface area contributed by atoms with Crippen molar-refractivity contribution in [1.29, 1.82) is 0 Å². The first kappa shape index (κ1) is 14.3. The third-order valence-corrected chi connectivity index (χ3v) is 4.82. The maximum absolute atomic E-state index is 5.77. The van der Waals surface area contributed by atoms with Crippen molar-refractivity contribution in [2.45, 2.75) is 64.6 Å². The molecule has 106 valence electrons. The molecule has 1 N–H and O–H groups in total. The lowest BCUT2D eigenvalue weighted by molar-refractivity contribution is 0.0601. The SMILES string of the molecule is CCNC1C(N(C)CC2CCCO2)CCC1(C)C. The van der Waals surface area contributed by atoms with E-state index >= 15 is 0 Å². The number of likely N-dealkylation sites (N-methyl/N-ethyl adjacent to an activating group) is 2. The van der Waals surface area contributed by atoms with Crippen LogP contribution in [0.2, 0.25) is 0 Å². The second-order valence-corrected chi connectivity index (χ2v) is 6.70. The van der Waals surface area contributed by atoms with Crippen LogP contribution in [0, 0.1) is 5.41 Å². The maximum Gasteiger partial charge on any atom is 0.0702 e. The van der Waals surface area contributed by atoms with Gasteiger partial charge in [0.2, 0.25) is 0 Å². The smallest absolute Gasteiger partial charge is 0.0702 e. The van der Waals surface area contributed by atoms with Gasteiger partial charge >= 0.3 is 0 Å². The van der Waals surface area contributed by atoms with Gasteiger partial charge in [-0.3, -0.25) is 4.90 Å². The average molecular weight is 254 g/mol. The van der Waals surface area contributed by atoms with E-state index in [2.05, 4.69) is 38.0 Å². The Bertz CT molecular complexity index is 261. The summed E-state index contributed by atoms with van der Waals surface area (Å²) in [6, 6.07) is 1.29. The highest BCUT2D eigenvalue weighted by Gasteiger charge is 2.43. The number of hydrogen-bond donors (Lipinski definition) is 1. The Balaban J connectivity index is 1.93. The average Bonchev–Trinajstić information content (AvgIpc) is 2.89. The number of hydrogen-bond acceptors (Lipinski definition) is 3. The monoisotopic (exact) mass is 254 g/mol. The van der Waals surface area contributed by atoms with Gasteiger partial charge in [0.25, 0.3) is 0 Å². The van der Waals surface area contributed by atoms with E-state index in [1.807, 2.05) is 0 Å². The summed E-state index contributed by atoms with van der Waals surface area (Å²) in [5, 5.41) is 3.71. The van der Waals surface area contributed by atoms with Crippen LogP contribution in [0.25, 0.3) is 0 Å². The predicted octanol–water partition coefficient (Wildman–Crippen LogP) is 2.26. The van der Waals surface area contributed by atoms with Crippen molar-refractivity contribution < 1.29 is 4.74 Å². The van der Waals surface area contributed by atoms with Crippen molar-refractivity contribution in [2.24, 2.45) is 5.41 Å². The minimum absolute atomic E-state index is 0.422. The summed E-state index contributed by atoms with van der Waals surface area (Å²) >= 11 is 0. The summed E-state index contributed by atoms with van der Waals surface area (Å²) in [6.45, 7) is 10.2. The van der Waals surface area contributed by atoms with Gasteiger partial charge < -0.3 is 10.1 Å². The van der Waals surface area contributed by atoms with E-state index in [1.165, 1.54) is 25.7 Å². The number of ether oxygens (including phenoxy) is 1. The molecule has 0 spiro atoms. The Morgan fingerprint density at radius 1 is 1.33 bits per heavy atom. The summed E-state index contributed by atoms with van der Waals surface area (Å²) in [4.78, 5) is 2.54. The Labute approximate surface area is 112 Å². The maximum atomic E-state index is 5.77. The molecule has 0 amide bonds. The van der Waals surface area contributed by atoms with E-state index in [0.29, 0.717) is 23.6 Å². The molecule has 18 heavy (non-hydrogen) atoms. The second-order valence-electron chi connectivity index (χ2n) is 6.70. The van der Waals surface area contributed by atoms with Gasteiger partial charge in [-0.25, -0.2) is 0 Å². The highest BCUT2D eigenvalue weighted by Crippen LogP contribution is 2.39. The topological polar surface area (TPSA) is 24.5 Å². The van der Waals surface area contributed by atoms with Gasteiger partial charge in [0.05, 0.1) is 6.10 Å². The zero-order chi connectivity index (χ0) is 13.2. The first-order valence-electron chi connectivity index (χ1n) is 7.60. The van der Waals surface area contributed by atoms with E-state index in [0.717, 1.165) is 19.7 Å². The standard InChI is InChI=1S/C15H30N2O/c1-5-16-14-13(8-9-15(14,2)3)17(4)11-12-7-6-10-18-12/h12-14,16H,5-11H2,1-4H3. The normalized spacial score (nSPS) is 35.5. The van der Waals surface area contributed by atoms with Crippen molar-refractivity contribution in [3.05, 3.63) is 0 Å². The van der Waals surface area contributed by atoms with Crippen LogP contribution < -0.4 is 5.32 Å². The van der Waals surface area contributed by atoms with E-state index in [4.69, 9.17) is 4.74 Å². The molecule has 0 aromatic rings. The van der Waals surface area contributed by atoms with Crippen molar-refractivity contribution in [3.63, 3.8) is 0 Å². The molecule has 1 saturated heterocycles. The van der Waals surface area contributed by atoms with Crippen LogP contribution >= 0.6 is 0 Å². The lowest BCUT2D eigenvalue weighted by Gasteiger charge is -2.36. The van der Waals surface area contributed by atoms with Gasteiger partial charge in [0.1, 0.15) is 0 Å². The molecular formula is C15H30N2O. The van der Waals surface area contributed by atoms with Crippen molar-refractivity contribution in [1.82, 2.24) is 10.2 Å². The zero-order valence-electron chi connectivity index (χ0n) is 12.5. The molecule has 2 fully saturated rings. The summed E-state index contributed by atoms with van der Waals surface area (Å²) in [5.41, 5.74) is 0.422. The van der Waals surface area contributed by atoms with Gasteiger partial charge in [0.15, 0.2) is 0 Å². The summed E-state index contributed by atoms with van der Waals surface area (Å²) in [7, 11) is 2.28. The highest BCUT2D eigenvalue weighted by molar-refractivity contribution is 5.00. The second kappa shape index (κ2) is 5.89. The van der Waals surface area contributed by atoms with Gasteiger partial charge in [-0.15, -0.1) is 0 Å². The first-order chi connectivity index (χ1) is 8.54. The summed E-state index contributed by atoms with van der Waals surface area (Å²) in [5.74, 6) is 0. The Kier molecular flexibility index (Phi) is 4.68. The molecular weight excluding hydrogens is 224 g/mol. The molecule has 1 aliphatic heterocycles. The molecule has 3 atom stereocenters. The van der Waals surface area contributed by atoms with E-state index in [1.54, 1.807) is 0 Å².